The Morgan fingerprint density at radius 3 is 2.08 bits per heavy atom. The summed E-state index contributed by atoms with van der Waals surface area (Å²) < 4.78 is 38.4. The lowest BCUT2D eigenvalue weighted by Gasteiger charge is -2.41. The molecule has 2 aromatic carbocycles. The zero-order valence-electron chi connectivity index (χ0n) is 36.0. The molecule has 1 unspecified atom stereocenters. The molecule has 0 saturated heterocycles. The number of nitrogens with one attached hydrogen (secondary N) is 3. The first-order chi connectivity index (χ1) is 28.2. The van der Waals surface area contributed by atoms with Gasteiger partial charge in [-0.15, -0.1) is 0 Å². The van der Waals surface area contributed by atoms with Gasteiger partial charge in [0.15, 0.2) is 0 Å². The largest absolute Gasteiger partial charge is 0.491 e. The standard InChI is InChI=1S/C44H66N4O11/c1-43(2,3)39(47-38(49)30-53-7)41(51)48-29-33-27-34(16-15-32(33)28-37(48)40(50)46-36-14-10-12-31-11-8-9-13-35(31)36)58-26-25-57-24-23-56-22-21-55-20-19-54-18-17-45-42(52)59-44(4,5)6/h8-9,11,13,15-16,27,36-37,39H,10,12,14,17-26,28-30H2,1-7H3,(H,45,52)(H,46,50)(H,47,49)/t36?,37-,39+/m0/s1. The van der Waals surface area contributed by atoms with E-state index in [1.54, 1.807) is 4.90 Å². The number of methoxy groups -OCH3 is 1. The Morgan fingerprint density at radius 1 is 0.797 bits per heavy atom. The van der Waals surface area contributed by atoms with E-state index in [2.05, 4.69) is 28.1 Å². The fourth-order valence-electron chi connectivity index (χ4n) is 6.96. The lowest BCUT2D eigenvalue weighted by molar-refractivity contribution is -0.147. The van der Waals surface area contributed by atoms with Crippen molar-refractivity contribution in [3.8, 4) is 5.75 Å². The summed E-state index contributed by atoms with van der Waals surface area (Å²) in [5.41, 5.74) is 3.00. The Bertz CT molecular complexity index is 1660. The lowest BCUT2D eigenvalue weighted by Crippen LogP contribution is -2.61. The topological polar surface area (TPSA) is 172 Å². The van der Waals surface area contributed by atoms with Gasteiger partial charge in [0, 0.05) is 26.6 Å². The molecule has 15 nitrogen and oxygen atoms in total. The smallest absolute Gasteiger partial charge is 0.407 e. The first-order valence-electron chi connectivity index (χ1n) is 20.7. The average Bonchev–Trinajstić information content (AvgIpc) is 3.18. The van der Waals surface area contributed by atoms with E-state index in [1.165, 1.54) is 12.7 Å². The molecule has 0 saturated carbocycles. The predicted octanol–water partition coefficient (Wildman–Crippen LogP) is 4.28. The van der Waals surface area contributed by atoms with Crippen LogP contribution in [0.3, 0.4) is 0 Å². The minimum absolute atomic E-state index is 0.144. The molecule has 2 aromatic rings. The SMILES string of the molecule is COCC(=O)N[C@H](C(=O)N1Cc2cc(OCCOCCOCCOCCOCCNC(=O)OC(C)(C)C)ccc2C[C@H]1C(=O)NC1CCCc2ccccc21)C(C)(C)C. The van der Waals surface area contributed by atoms with Crippen molar-refractivity contribution in [1.82, 2.24) is 20.9 Å². The summed E-state index contributed by atoms with van der Waals surface area (Å²) in [6.07, 6.45) is 2.61. The van der Waals surface area contributed by atoms with Gasteiger partial charge >= 0.3 is 6.09 Å². The van der Waals surface area contributed by atoms with Crippen molar-refractivity contribution in [2.75, 3.05) is 79.7 Å². The van der Waals surface area contributed by atoms with Crippen molar-refractivity contribution in [2.24, 2.45) is 5.41 Å². The van der Waals surface area contributed by atoms with Gasteiger partial charge in [-0.05, 0) is 79.8 Å². The molecule has 15 heteroatoms. The molecule has 1 aliphatic heterocycles. The van der Waals surface area contributed by atoms with E-state index < -0.39 is 35.1 Å². The number of hydrogen-bond acceptors (Lipinski definition) is 11. The zero-order valence-corrected chi connectivity index (χ0v) is 36.0. The highest BCUT2D eigenvalue weighted by molar-refractivity contribution is 5.93. The molecule has 2 aliphatic rings. The summed E-state index contributed by atoms with van der Waals surface area (Å²) in [6, 6.07) is 12.1. The third kappa shape index (κ3) is 16.0. The molecule has 4 rings (SSSR count). The highest BCUT2D eigenvalue weighted by Crippen LogP contribution is 2.33. The maximum atomic E-state index is 14.5. The molecule has 1 aliphatic carbocycles. The van der Waals surface area contributed by atoms with E-state index in [4.69, 9.17) is 33.2 Å². The van der Waals surface area contributed by atoms with Crippen LogP contribution in [0.1, 0.15) is 82.7 Å². The molecule has 3 N–H and O–H groups in total. The third-order valence-corrected chi connectivity index (χ3v) is 9.80. The van der Waals surface area contributed by atoms with Crippen LogP contribution in [0.15, 0.2) is 42.5 Å². The van der Waals surface area contributed by atoms with Crippen molar-refractivity contribution < 1.29 is 52.3 Å². The van der Waals surface area contributed by atoms with Crippen LogP contribution in [-0.2, 0) is 62.2 Å². The normalized spacial score (nSPS) is 17.0. The summed E-state index contributed by atoms with van der Waals surface area (Å²) in [5.74, 6) is -0.332. The quantitative estimate of drug-likeness (QED) is 0.145. The molecule has 1 heterocycles. The first kappa shape index (κ1) is 47.4. The van der Waals surface area contributed by atoms with Crippen LogP contribution in [0.5, 0.6) is 5.75 Å². The molecule has 0 aromatic heterocycles. The second-order valence-corrected chi connectivity index (χ2v) is 16.8. The monoisotopic (exact) mass is 826 g/mol. The van der Waals surface area contributed by atoms with Crippen molar-refractivity contribution in [3.05, 3.63) is 64.7 Å². The number of nitrogens with zero attached hydrogens (tertiary/aromatic N) is 1. The van der Waals surface area contributed by atoms with Gasteiger partial charge in [0.2, 0.25) is 17.7 Å². The highest BCUT2D eigenvalue weighted by atomic mass is 16.6. The summed E-state index contributed by atoms with van der Waals surface area (Å²) in [5, 5.41) is 8.78. The Morgan fingerprint density at radius 2 is 1.44 bits per heavy atom. The van der Waals surface area contributed by atoms with Crippen molar-refractivity contribution in [1.29, 1.82) is 0 Å². The van der Waals surface area contributed by atoms with Gasteiger partial charge in [-0.3, -0.25) is 14.4 Å². The van der Waals surface area contributed by atoms with E-state index in [0.29, 0.717) is 78.2 Å². The Hall–Kier alpha value is -4.28. The van der Waals surface area contributed by atoms with E-state index >= 15 is 0 Å². The number of fused-ring (bicyclic) bond motifs is 2. The van der Waals surface area contributed by atoms with Crippen LogP contribution < -0.4 is 20.7 Å². The van der Waals surface area contributed by atoms with Crippen LogP contribution in [0.25, 0.3) is 0 Å². The van der Waals surface area contributed by atoms with E-state index in [9.17, 15) is 19.2 Å². The van der Waals surface area contributed by atoms with Gasteiger partial charge in [-0.25, -0.2) is 4.79 Å². The molecule has 328 valence electrons. The summed E-state index contributed by atoms with van der Waals surface area (Å²) in [4.78, 5) is 54.6. The summed E-state index contributed by atoms with van der Waals surface area (Å²) in [6.45, 7) is 14.9. The molecule has 0 bridgehead atoms. The molecular weight excluding hydrogens is 761 g/mol. The fraction of sp³-hybridized carbons (Fsp3) is 0.636. The Balaban J connectivity index is 1.23. The summed E-state index contributed by atoms with van der Waals surface area (Å²) in [7, 11) is 1.43. The Labute approximate surface area is 349 Å². The minimum Gasteiger partial charge on any atom is -0.491 e. The fourth-order valence-corrected chi connectivity index (χ4v) is 6.96. The van der Waals surface area contributed by atoms with Crippen LogP contribution >= 0.6 is 0 Å². The first-order valence-corrected chi connectivity index (χ1v) is 20.7. The van der Waals surface area contributed by atoms with Gasteiger partial charge in [0.1, 0.15) is 36.6 Å². The number of amides is 4. The number of ether oxygens (including phenoxy) is 7. The van der Waals surface area contributed by atoms with Gasteiger partial charge in [-0.1, -0.05) is 51.1 Å². The minimum atomic E-state index is -0.891. The maximum absolute atomic E-state index is 14.5. The van der Waals surface area contributed by atoms with Crippen LogP contribution in [-0.4, -0.2) is 126 Å². The molecular formula is C44H66N4O11. The van der Waals surface area contributed by atoms with Gasteiger partial charge in [-0.2, -0.15) is 0 Å². The van der Waals surface area contributed by atoms with Gasteiger partial charge in [0.05, 0.1) is 58.9 Å². The maximum Gasteiger partial charge on any atom is 0.407 e. The highest BCUT2D eigenvalue weighted by Gasteiger charge is 2.42. The van der Waals surface area contributed by atoms with E-state index in [-0.39, 0.29) is 31.0 Å². The molecule has 0 fully saturated rings. The zero-order chi connectivity index (χ0) is 42.8. The van der Waals surface area contributed by atoms with Crippen LogP contribution in [0.2, 0.25) is 0 Å². The predicted molar refractivity (Wildman–Crippen MR) is 221 cm³/mol. The second kappa shape index (κ2) is 23.5. The number of benzene rings is 2. The summed E-state index contributed by atoms with van der Waals surface area (Å²) >= 11 is 0. The van der Waals surface area contributed by atoms with Crippen molar-refractivity contribution in [2.45, 2.75) is 97.5 Å². The van der Waals surface area contributed by atoms with Crippen LogP contribution in [0.4, 0.5) is 4.79 Å². The number of rotatable bonds is 22. The van der Waals surface area contributed by atoms with Crippen molar-refractivity contribution >= 4 is 23.8 Å². The molecule has 3 atom stereocenters. The Kier molecular flexibility index (Phi) is 18.9. The third-order valence-electron chi connectivity index (χ3n) is 9.80. The molecule has 0 spiro atoms. The number of carbonyl (C=O) groups excluding carboxylic acids is 4. The van der Waals surface area contributed by atoms with E-state index in [0.717, 1.165) is 36.0 Å². The number of hydrogen-bond donors (Lipinski definition) is 3. The van der Waals surface area contributed by atoms with E-state index in [1.807, 2.05) is 71.9 Å². The van der Waals surface area contributed by atoms with Gasteiger partial charge in [0.25, 0.3) is 0 Å². The molecule has 59 heavy (non-hydrogen) atoms. The van der Waals surface area contributed by atoms with Crippen molar-refractivity contribution in [3.63, 3.8) is 0 Å². The number of carbonyl (C=O) groups is 4. The number of aryl methyl sites for hydroxylation is 1. The van der Waals surface area contributed by atoms with Crippen LogP contribution in [0, 0.1) is 5.41 Å². The van der Waals surface area contributed by atoms with Gasteiger partial charge < -0.3 is 54.0 Å². The number of alkyl carbamates (subject to hydrolysis) is 1. The average molecular weight is 827 g/mol. The second-order valence-electron chi connectivity index (χ2n) is 16.8. The lowest BCUT2D eigenvalue weighted by atomic mass is 9.84. The molecule has 0 radical (unpaired) electrons. The molecule has 4 amide bonds.